The monoisotopic (exact) mass is 570 g/mol. The molecule has 2 amide bonds. The molecule has 1 N–H and O–H groups in total. The molecule has 0 saturated heterocycles. The fraction of sp³-hybridized carbons (Fsp3) is 0.250. The maximum atomic E-state index is 13.5. The number of esters is 1. The van der Waals surface area contributed by atoms with Gasteiger partial charge in [0.25, 0.3) is 5.91 Å². The molecule has 1 aliphatic heterocycles. The van der Waals surface area contributed by atoms with E-state index in [0.29, 0.717) is 23.8 Å². The lowest BCUT2D eigenvalue weighted by molar-refractivity contribution is -0.136. The molecular weight excluding hydrogens is 539 g/mol. The van der Waals surface area contributed by atoms with E-state index in [1.807, 2.05) is 20.8 Å². The molecule has 0 fully saturated rings. The molecular formula is C32H31FN4O5. The van der Waals surface area contributed by atoms with Gasteiger partial charge in [0, 0.05) is 47.4 Å². The number of pyridine rings is 1. The Morgan fingerprint density at radius 3 is 2.50 bits per heavy atom. The zero-order chi connectivity index (χ0) is 30.0. The minimum Gasteiger partial charge on any atom is -0.462 e. The fourth-order valence-corrected chi connectivity index (χ4v) is 5.22. The first kappa shape index (κ1) is 28.5. The number of amides is 2. The maximum Gasteiger partial charge on any atom is 0.420 e. The molecule has 42 heavy (non-hydrogen) atoms. The van der Waals surface area contributed by atoms with Crippen LogP contribution in [0, 0.1) is 5.82 Å². The van der Waals surface area contributed by atoms with E-state index in [-0.39, 0.29) is 30.2 Å². The molecule has 2 aromatic heterocycles. The van der Waals surface area contributed by atoms with Gasteiger partial charge in [-0.05, 0) is 74.0 Å². The lowest BCUT2D eigenvalue weighted by atomic mass is 9.81. The molecule has 216 valence electrons. The van der Waals surface area contributed by atoms with E-state index in [9.17, 15) is 18.8 Å². The van der Waals surface area contributed by atoms with Gasteiger partial charge in [0.1, 0.15) is 17.4 Å². The van der Waals surface area contributed by atoms with Gasteiger partial charge in [-0.3, -0.25) is 9.69 Å². The molecule has 2 aromatic carbocycles. The predicted octanol–water partition coefficient (Wildman–Crippen LogP) is 6.06. The van der Waals surface area contributed by atoms with Crippen LogP contribution in [0.25, 0.3) is 16.5 Å². The first-order valence-corrected chi connectivity index (χ1v) is 13.7. The highest BCUT2D eigenvalue weighted by Gasteiger charge is 2.37. The van der Waals surface area contributed by atoms with E-state index < -0.39 is 23.3 Å². The van der Waals surface area contributed by atoms with E-state index in [4.69, 9.17) is 9.47 Å². The average Bonchev–Trinajstić information content (AvgIpc) is 3.30. The third-order valence-electron chi connectivity index (χ3n) is 7.08. The Morgan fingerprint density at radius 1 is 1.07 bits per heavy atom. The molecule has 1 aliphatic rings. The van der Waals surface area contributed by atoms with Crippen molar-refractivity contribution < 1.29 is 28.2 Å². The summed E-state index contributed by atoms with van der Waals surface area (Å²) in [6, 6.07) is 15.8. The van der Waals surface area contributed by atoms with Crippen LogP contribution < -0.4 is 9.64 Å². The number of anilines is 1. The van der Waals surface area contributed by atoms with Crippen molar-refractivity contribution in [3.05, 3.63) is 95.7 Å². The number of carbonyl (C=O) groups is 3. The van der Waals surface area contributed by atoms with Gasteiger partial charge in [-0.1, -0.05) is 19.9 Å². The van der Waals surface area contributed by atoms with Crippen LogP contribution in [0.3, 0.4) is 0 Å². The van der Waals surface area contributed by atoms with Crippen LogP contribution in [0.5, 0.6) is 5.75 Å². The molecule has 0 unspecified atom stereocenters. The third-order valence-corrected chi connectivity index (χ3v) is 7.08. The van der Waals surface area contributed by atoms with Gasteiger partial charge in [-0.15, -0.1) is 0 Å². The van der Waals surface area contributed by atoms with Gasteiger partial charge in [0.2, 0.25) is 0 Å². The minimum atomic E-state index is -0.680. The second kappa shape index (κ2) is 11.5. The van der Waals surface area contributed by atoms with Gasteiger partial charge in [-0.2, -0.15) is 0 Å². The first-order chi connectivity index (χ1) is 20.1. The van der Waals surface area contributed by atoms with Crippen LogP contribution in [0.15, 0.2) is 73.1 Å². The fourth-order valence-electron chi connectivity index (χ4n) is 5.22. The zero-order valence-electron chi connectivity index (χ0n) is 23.8. The number of hydrogen-bond acceptors (Lipinski definition) is 6. The minimum absolute atomic E-state index is 0.144. The molecule has 0 aliphatic carbocycles. The standard InChI is InChI=1S/C32H31FN4O5/c1-5-37(26-9-7-8-16-34-26)31(40)42-22-14-15-25-23(17-22)27-28(35-25)24(30(39)41-6-2)18-36(19-32(27,3)4)29(38)20-10-12-21(33)13-11-20/h7-18,35H,5-6,19H2,1-4H3. The average molecular weight is 571 g/mol. The van der Waals surface area contributed by atoms with Gasteiger partial charge in [0.05, 0.1) is 17.9 Å². The second-order valence-electron chi connectivity index (χ2n) is 10.5. The van der Waals surface area contributed by atoms with Crippen molar-refractivity contribution in [3.8, 4) is 5.75 Å². The number of ether oxygens (including phenoxy) is 2. The number of hydrogen-bond donors (Lipinski definition) is 1. The maximum absolute atomic E-state index is 13.5. The lowest BCUT2D eigenvalue weighted by Gasteiger charge is -2.29. The van der Waals surface area contributed by atoms with E-state index in [1.165, 1.54) is 40.3 Å². The SMILES string of the molecule is CCOC(=O)C1=CN(C(=O)c2ccc(F)cc2)CC(C)(C)c2c1[nH]c1ccc(OC(=O)N(CC)c3ccccn3)cc21. The number of nitrogens with zero attached hydrogens (tertiary/aromatic N) is 3. The molecule has 0 radical (unpaired) electrons. The Bertz CT molecular complexity index is 1680. The summed E-state index contributed by atoms with van der Waals surface area (Å²) >= 11 is 0. The van der Waals surface area contributed by atoms with Crippen molar-refractivity contribution in [2.45, 2.75) is 33.1 Å². The highest BCUT2D eigenvalue weighted by Crippen LogP contribution is 2.41. The number of carbonyl (C=O) groups excluding carboxylic acids is 3. The summed E-state index contributed by atoms with van der Waals surface area (Å²) in [5, 5.41) is 0.729. The van der Waals surface area contributed by atoms with E-state index in [1.54, 1.807) is 49.5 Å². The van der Waals surface area contributed by atoms with Crippen LogP contribution in [0.1, 0.15) is 49.3 Å². The summed E-state index contributed by atoms with van der Waals surface area (Å²) in [5.74, 6) is -0.656. The molecule has 3 heterocycles. The summed E-state index contributed by atoms with van der Waals surface area (Å²) in [5.41, 5.74) is 1.77. The Kier molecular flexibility index (Phi) is 7.80. The molecule has 4 aromatic rings. The van der Waals surface area contributed by atoms with Crippen molar-refractivity contribution in [2.24, 2.45) is 0 Å². The molecule has 0 spiro atoms. The number of aromatic amines is 1. The van der Waals surface area contributed by atoms with Crippen LogP contribution in [0.2, 0.25) is 0 Å². The van der Waals surface area contributed by atoms with Crippen molar-refractivity contribution in [3.63, 3.8) is 0 Å². The molecule has 5 rings (SSSR count). The summed E-state index contributed by atoms with van der Waals surface area (Å²) in [6.07, 6.45) is 2.51. The summed E-state index contributed by atoms with van der Waals surface area (Å²) in [6.45, 7) is 8.17. The van der Waals surface area contributed by atoms with Gasteiger partial charge in [0.15, 0.2) is 0 Å². The predicted molar refractivity (Wildman–Crippen MR) is 157 cm³/mol. The van der Waals surface area contributed by atoms with Crippen LogP contribution >= 0.6 is 0 Å². The second-order valence-corrected chi connectivity index (χ2v) is 10.5. The Balaban J connectivity index is 1.56. The molecule has 0 bridgehead atoms. The Hall–Kier alpha value is -4.99. The topological polar surface area (TPSA) is 105 Å². The Morgan fingerprint density at radius 2 is 1.83 bits per heavy atom. The number of halogens is 1. The van der Waals surface area contributed by atoms with Crippen LogP contribution in [-0.2, 0) is 14.9 Å². The number of H-pyrrole nitrogens is 1. The van der Waals surface area contributed by atoms with Crippen LogP contribution in [-0.4, -0.2) is 52.5 Å². The van der Waals surface area contributed by atoms with E-state index >= 15 is 0 Å². The highest BCUT2D eigenvalue weighted by atomic mass is 19.1. The number of fused-ring (bicyclic) bond motifs is 3. The number of nitrogens with one attached hydrogen (secondary N) is 1. The summed E-state index contributed by atoms with van der Waals surface area (Å²) < 4.78 is 24.7. The summed E-state index contributed by atoms with van der Waals surface area (Å²) in [4.78, 5) is 50.3. The zero-order valence-corrected chi connectivity index (χ0v) is 23.8. The van der Waals surface area contributed by atoms with Crippen molar-refractivity contribution in [2.75, 3.05) is 24.6 Å². The largest absolute Gasteiger partial charge is 0.462 e. The summed E-state index contributed by atoms with van der Waals surface area (Å²) in [7, 11) is 0. The molecule has 10 heteroatoms. The highest BCUT2D eigenvalue weighted by molar-refractivity contribution is 6.18. The van der Waals surface area contributed by atoms with Gasteiger partial charge < -0.3 is 19.4 Å². The van der Waals surface area contributed by atoms with Crippen LogP contribution in [0.4, 0.5) is 15.0 Å². The van der Waals surface area contributed by atoms with Crippen molar-refractivity contribution in [1.82, 2.24) is 14.9 Å². The number of aromatic nitrogens is 2. The molecule has 9 nitrogen and oxygen atoms in total. The lowest BCUT2D eigenvalue weighted by Crippen LogP contribution is -2.37. The smallest absolute Gasteiger partial charge is 0.420 e. The third kappa shape index (κ3) is 5.47. The Labute approximate surface area is 242 Å². The van der Waals surface area contributed by atoms with Gasteiger partial charge >= 0.3 is 12.1 Å². The number of rotatable bonds is 6. The first-order valence-electron chi connectivity index (χ1n) is 13.7. The van der Waals surface area contributed by atoms with E-state index in [2.05, 4.69) is 9.97 Å². The molecule has 0 saturated carbocycles. The van der Waals surface area contributed by atoms with Crippen molar-refractivity contribution in [1.29, 1.82) is 0 Å². The quantitative estimate of drug-likeness (QED) is 0.283. The van der Waals surface area contributed by atoms with Crippen molar-refractivity contribution >= 4 is 40.3 Å². The number of benzene rings is 2. The molecule has 0 atom stereocenters. The van der Waals surface area contributed by atoms with Gasteiger partial charge in [-0.25, -0.2) is 19.0 Å². The van der Waals surface area contributed by atoms with E-state index in [0.717, 1.165) is 16.5 Å². The normalized spacial score (nSPS) is 14.0.